The molecule has 0 bridgehead atoms. The Morgan fingerprint density at radius 2 is 1.74 bits per heavy atom. The summed E-state index contributed by atoms with van der Waals surface area (Å²) in [4.78, 5) is 50.2. The van der Waals surface area contributed by atoms with E-state index in [1.807, 2.05) is 0 Å². The van der Waals surface area contributed by atoms with E-state index in [1.165, 1.54) is 11.8 Å². The van der Waals surface area contributed by atoms with Gasteiger partial charge >= 0.3 is 0 Å². The van der Waals surface area contributed by atoms with E-state index in [2.05, 4.69) is 21.2 Å². The average molecular weight is 429 g/mol. The normalized spacial score (nSPS) is 14.1. The fourth-order valence-corrected chi connectivity index (χ4v) is 3.78. The van der Waals surface area contributed by atoms with Crippen LogP contribution in [0.3, 0.4) is 0 Å². The van der Waals surface area contributed by atoms with Crippen LogP contribution in [0.4, 0.5) is 11.4 Å². The molecule has 0 radical (unpaired) electrons. The largest absolute Gasteiger partial charge is 0.326 e. The van der Waals surface area contributed by atoms with Crippen molar-refractivity contribution < 1.29 is 19.2 Å². The number of benzene rings is 2. The molecule has 1 N–H and O–H groups in total. The van der Waals surface area contributed by atoms with E-state index >= 15 is 0 Å². The Bertz CT molecular complexity index is 982. The van der Waals surface area contributed by atoms with Crippen molar-refractivity contribution in [2.75, 3.05) is 10.2 Å². The lowest BCUT2D eigenvalue weighted by molar-refractivity contribution is -0.115. The van der Waals surface area contributed by atoms with Gasteiger partial charge in [0.1, 0.15) is 0 Å². The van der Waals surface area contributed by atoms with Crippen molar-refractivity contribution in [3.8, 4) is 0 Å². The zero-order valence-electron chi connectivity index (χ0n) is 15.0. The molecule has 0 aliphatic carbocycles. The highest BCUT2D eigenvalue weighted by atomic mass is 79.9. The Balaban J connectivity index is 1.93. The van der Waals surface area contributed by atoms with Crippen LogP contribution >= 0.6 is 15.9 Å². The summed E-state index contributed by atoms with van der Waals surface area (Å²) in [5, 5.41) is 2.63. The van der Waals surface area contributed by atoms with Crippen molar-refractivity contribution in [2.45, 2.75) is 26.8 Å². The molecule has 1 aliphatic rings. The Kier molecular flexibility index (Phi) is 4.97. The highest BCUT2D eigenvalue weighted by molar-refractivity contribution is 9.10. The zero-order chi connectivity index (χ0) is 19.9. The molecule has 27 heavy (non-hydrogen) atoms. The van der Waals surface area contributed by atoms with Crippen molar-refractivity contribution in [1.82, 2.24) is 0 Å². The lowest BCUT2D eigenvalue weighted by Crippen LogP contribution is -2.42. The quantitative estimate of drug-likeness (QED) is 0.596. The third kappa shape index (κ3) is 3.42. The number of anilines is 2. The van der Waals surface area contributed by atoms with Gasteiger partial charge in [0, 0.05) is 22.6 Å². The maximum atomic E-state index is 12.9. The number of Topliss-reactive ketones (excluding diaryl/α,β-unsaturated/α-hetero) is 2. The monoisotopic (exact) mass is 428 g/mol. The van der Waals surface area contributed by atoms with Gasteiger partial charge < -0.3 is 5.32 Å². The Hall–Kier alpha value is -2.80. The molecule has 0 aromatic heterocycles. The number of hydrogen-bond donors (Lipinski definition) is 1. The number of aryl methyl sites for hydroxylation is 1. The minimum Gasteiger partial charge on any atom is -0.326 e. The molecule has 0 saturated carbocycles. The first-order chi connectivity index (χ1) is 12.7. The number of carbonyl (C=O) groups excluding carboxylic acids is 4. The summed E-state index contributed by atoms with van der Waals surface area (Å²) in [5.41, 5.74) is 2.47. The number of nitrogens with one attached hydrogen (secondary N) is 1. The number of fused-ring (bicyclic) bond motifs is 1. The fourth-order valence-electron chi connectivity index (χ4n) is 3.20. The smallest absolute Gasteiger partial charge is 0.300 e. The number of ketones is 2. The van der Waals surface area contributed by atoms with Crippen LogP contribution in [0.2, 0.25) is 0 Å². The molecule has 7 heteroatoms. The van der Waals surface area contributed by atoms with Crippen LogP contribution < -0.4 is 10.2 Å². The number of halogens is 1. The third-order valence-electron chi connectivity index (χ3n) is 4.42. The van der Waals surface area contributed by atoms with E-state index in [0.29, 0.717) is 27.0 Å². The fraction of sp³-hybridized carbons (Fsp3) is 0.200. The molecule has 138 valence electrons. The minimum absolute atomic E-state index is 0.207. The van der Waals surface area contributed by atoms with Crippen LogP contribution in [0, 0.1) is 6.92 Å². The molecule has 0 fully saturated rings. The van der Waals surface area contributed by atoms with Gasteiger partial charge in [-0.1, -0.05) is 15.9 Å². The van der Waals surface area contributed by atoms with Gasteiger partial charge in [0.2, 0.25) is 5.91 Å². The molecule has 2 aromatic carbocycles. The van der Waals surface area contributed by atoms with E-state index in [4.69, 9.17) is 0 Å². The second-order valence-electron chi connectivity index (χ2n) is 6.42. The summed E-state index contributed by atoms with van der Waals surface area (Å²) in [6, 6.07) is 8.97. The Labute approximate surface area is 164 Å². The summed E-state index contributed by atoms with van der Waals surface area (Å²) in [7, 11) is 0. The van der Waals surface area contributed by atoms with Crippen LogP contribution in [-0.4, -0.2) is 29.4 Å². The number of hydrogen-bond acceptors (Lipinski definition) is 4. The molecule has 0 saturated heterocycles. The average Bonchev–Trinajstić information content (AvgIpc) is 2.86. The molecule has 1 aliphatic heterocycles. The maximum absolute atomic E-state index is 12.9. The summed E-state index contributed by atoms with van der Waals surface area (Å²) < 4.78 is 0.703. The maximum Gasteiger partial charge on any atom is 0.300 e. The standard InChI is InChI=1S/C20H17BrN2O4/c1-10-8-14(21)9-16-17(10)23(20(27)19(16)26)11(2)18(25)13-4-6-15(7-5-13)22-12(3)24/h4-9,11H,1-3H3,(H,22,24). The number of nitrogens with zero attached hydrogens (tertiary/aromatic N) is 1. The lowest BCUT2D eigenvalue weighted by Gasteiger charge is -2.25. The molecule has 1 heterocycles. The van der Waals surface area contributed by atoms with E-state index in [0.717, 1.165) is 5.56 Å². The summed E-state index contributed by atoms with van der Waals surface area (Å²) >= 11 is 3.33. The van der Waals surface area contributed by atoms with Crippen LogP contribution in [0.25, 0.3) is 0 Å². The second-order valence-corrected chi connectivity index (χ2v) is 7.34. The summed E-state index contributed by atoms with van der Waals surface area (Å²) in [6.45, 7) is 4.79. The van der Waals surface area contributed by atoms with E-state index < -0.39 is 17.7 Å². The topological polar surface area (TPSA) is 83.6 Å². The first-order valence-corrected chi connectivity index (χ1v) is 9.10. The van der Waals surface area contributed by atoms with Gasteiger partial charge in [0.25, 0.3) is 11.7 Å². The molecule has 2 aromatic rings. The molecular weight excluding hydrogens is 412 g/mol. The van der Waals surface area contributed by atoms with Gasteiger partial charge in [0.05, 0.1) is 17.3 Å². The van der Waals surface area contributed by atoms with E-state index in [9.17, 15) is 19.2 Å². The van der Waals surface area contributed by atoms with Crippen molar-refractivity contribution in [3.05, 3.63) is 57.6 Å². The first kappa shape index (κ1) is 19.0. The highest BCUT2D eigenvalue weighted by Crippen LogP contribution is 2.36. The molecule has 2 amide bonds. The number of rotatable bonds is 4. The SMILES string of the molecule is CC(=O)Nc1ccc(C(=O)C(C)N2C(=O)C(=O)c3cc(Br)cc(C)c32)cc1. The number of carbonyl (C=O) groups is 4. The highest BCUT2D eigenvalue weighted by Gasteiger charge is 2.41. The van der Waals surface area contributed by atoms with E-state index in [1.54, 1.807) is 50.2 Å². The Morgan fingerprint density at radius 3 is 2.33 bits per heavy atom. The van der Waals surface area contributed by atoms with Crippen molar-refractivity contribution in [2.24, 2.45) is 0 Å². The predicted octanol–water partition coefficient (Wildman–Crippen LogP) is 3.52. The molecule has 3 rings (SSSR count). The third-order valence-corrected chi connectivity index (χ3v) is 4.88. The van der Waals surface area contributed by atoms with Gasteiger partial charge in [-0.15, -0.1) is 0 Å². The van der Waals surface area contributed by atoms with Gasteiger partial charge in [-0.05, 0) is 55.8 Å². The van der Waals surface area contributed by atoms with Crippen molar-refractivity contribution >= 4 is 50.7 Å². The van der Waals surface area contributed by atoms with Crippen LogP contribution in [0.15, 0.2) is 40.9 Å². The second kappa shape index (κ2) is 7.08. The molecule has 1 atom stereocenters. The zero-order valence-corrected chi connectivity index (χ0v) is 16.6. The van der Waals surface area contributed by atoms with Gasteiger partial charge in [-0.2, -0.15) is 0 Å². The lowest BCUT2D eigenvalue weighted by atomic mass is 10.0. The van der Waals surface area contributed by atoms with Gasteiger partial charge in [-0.25, -0.2) is 0 Å². The minimum atomic E-state index is -0.839. The van der Waals surface area contributed by atoms with Gasteiger partial charge in [-0.3, -0.25) is 24.1 Å². The van der Waals surface area contributed by atoms with Crippen LogP contribution in [0.5, 0.6) is 0 Å². The molecular formula is C20H17BrN2O4. The number of amides is 2. The first-order valence-electron chi connectivity index (χ1n) is 8.30. The van der Waals surface area contributed by atoms with Crippen LogP contribution in [-0.2, 0) is 9.59 Å². The van der Waals surface area contributed by atoms with Crippen molar-refractivity contribution in [1.29, 1.82) is 0 Å². The van der Waals surface area contributed by atoms with Gasteiger partial charge in [0.15, 0.2) is 5.78 Å². The molecule has 6 nitrogen and oxygen atoms in total. The Morgan fingerprint density at radius 1 is 1.11 bits per heavy atom. The van der Waals surface area contributed by atoms with Crippen LogP contribution in [0.1, 0.15) is 40.1 Å². The van der Waals surface area contributed by atoms with Crippen molar-refractivity contribution in [3.63, 3.8) is 0 Å². The molecule has 1 unspecified atom stereocenters. The summed E-state index contributed by atoms with van der Waals surface area (Å²) in [5.74, 6) is -1.82. The predicted molar refractivity (Wildman–Crippen MR) is 105 cm³/mol. The summed E-state index contributed by atoms with van der Waals surface area (Å²) in [6.07, 6.45) is 0. The molecule has 0 spiro atoms. The van der Waals surface area contributed by atoms with E-state index in [-0.39, 0.29) is 11.7 Å².